The molecule has 0 rings (SSSR count). The van der Waals surface area contributed by atoms with E-state index in [-0.39, 0.29) is 5.54 Å². The number of hydrogen-bond donors (Lipinski definition) is 0. The average Bonchev–Trinajstić information content (AvgIpc) is 1.89. The molecule has 0 fully saturated rings. The molecule has 58 valence electrons. The second kappa shape index (κ2) is 4.56. The van der Waals surface area contributed by atoms with E-state index < -0.39 is 0 Å². The van der Waals surface area contributed by atoms with Gasteiger partial charge in [0.15, 0.2) is 0 Å². The topological polar surface area (TPSA) is 12.4 Å². The first kappa shape index (κ1) is 9.76. The van der Waals surface area contributed by atoms with E-state index in [9.17, 15) is 0 Å². The van der Waals surface area contributed by atoms with Gasteiger partial charge in [-0.15, -0.1) is 18.3 Å². The highest BCUT2D eigenvalue weighted by Gasteiger charge is 2.07. The lowest BCUT2D eigenvalue weighted by Crippen LogP contribution is -2.10. The van der Waals surface area contributed by atoms with E-state index in [1.54, 1.807) is 11.8 Å². The number of nitrogens with zero attached hydrogens (tertiary/aromatic N) is 1. The molecule has 0 aromatic carbocycles. The zero-order chi connectivity index (χ0) is 8.04. The van der Waals surface area contributed by atoms with Crippen molar-refractivity contribution in [2.24, 2.45) is 4.99 Å². The van der Waals surface area contributed by atoms with Gasteiger partial charge < -0.3 is 0 Å². The van der Waals surface area contributed by atoms with Crippen LogP contribution in [0.25, 0.3) is 0 Å². The highest BCUT2D eigenvalue weighted by atomic mass is 32.2. The molecule has 0 aliphatic carbocycles. The summed E-state index contributed by atoms with van der Waals surface area (Å²) in [5, 5.41) is 0. The quantitative estimate of drug-likeness (QED) is 0.347. The van der Waals surface area contributed by atoms with Gasteiger partial charge in [-0.25, -0.2) is 0 Å². The fourth-order valence-corrected chi connectivity index (χ4v) is 0.796. The summed E-state index contributed by atoms with van der Waals surface area (Å²) in [4.78, 5) is 4.28. The van der Waals surface area contributed by atoms with Gasteiger partial charge in [-0.05, 0) is 19.6 Å². The standard InChI is InChI=1S/C8H15NS/c1-5-8(3,4)9-7-10-6-2/h5,7H,1,6H2,2-4H3. The van der Waals surface area contributed by atoms with Gasteiger partial charge in [0.25, 0.3) is 0 Å². The van der Waals surface area contributed by atoms with Crippen molar-refractivity contribution in [1.29, 1.82) is 0 Å². The Hall–Kier alpha value is -0.240. The molecule has 0 saturated heterocycles. The third-order valence-electron chi connectivity index (χ3n) is 1.13. The van der Waals surface area contributed by atoms with Crippen molar-refractivity contribution in [3.05, 3.63) is 12.7 Å². The molecule has 0 aromatic heterocycles. The van der Waals surface area contributed by atoms with Crippen molar-refractivity contribution >= 4 is 17.3 Å². The van der Waals surface area contributed by atoms with Crippen LogP contribution in [-0.4, -0.2) is 16.8 Å². The van der Waals surface area contributed by atoms with Gasteiger partial charge in [-0.1, -0.05) is 13.0 Å². The molecule has 0 aliphatic heterocycles. The SMILES string of the molecule is C=CC(C)(C)N=CSCC. The number of thioether (sulfide) groups is 1. The van der Waals surface area contributed by atoms with Crippen LogP contribution in [0, 0.1) is 0 Å². The fourth-order valence-electron chi connectivity index (χ4n) is 0.300. The number of hydrogen-bond acceptors (Lipinski definition) is 2. The van der Waals surface area contributed by atoms with Crippen molar-refractivity contribution in [2.45, 2.75) is 26.3 Å². The summed E-state index contributed by atoms with van der Waals surface area (Å²) in [5.41, 5.74) is 1.80. The predicted molar refractivity (Wildman–Crippen MR) is 50.9 cm³/mol. The van der Waals surface area contributed by atoms with Gasteiger partial charge in [0.1, 0.15) is 0 Å². The molecule has 0 atom stereocenters. The zero-order valence-electron chi connectivity index (χ0n) is 6.92. The molecule has 0 radical (unpaired) electrons. The second-order valence-corrected chi connectivity index (χ2v) is 3.67. The molecular formula is C8H15NS. The molecule has 0 bridgehead atoms. The van der Waals surface area contributed by atoms with E-state index in [1.807, 2.05) is 25.5 Å². The third kappa shape index (κ3) is 4.62. The maximum absolute atomic E-state index is 4.28. The van der Waals surface area contributed by atoms with E-state index >= 15 is 0 Å². The molecule has 0 aliphatic rings. The van der Waals surface area contributed by atoms with Gasteiger partial charge in [-0.2, -0.15) is 0 Å². The van der Waals surface area contributed by atoms with E-state index in [1.165, 1.54) is 0 Å². The molecule has 0 unspecified atom stereocenters. The van der Waals surface area contributed by atoms with Crippen LogP contribution in [0.4, 0.5) is 0 Å². The van der Waals surface area contributed by atoms with E-state index in [0.29, 0.717) is 0 Å². The lowest BCUT2D eigenvalue weighted by molar-refractivity contribution is 0.664. The average molecular weight is 157 g/mol. The first-order chi connectivity index (χ1) is 4.62. The predicted octanol–water partition coefficient (Wildman–Crippen LogP) is 2.73. The second-order valence-electron chi connectivity index (χ2n) is 2.55. The molecule has 0 aromatic rings. The number of aliphatic imine (C=N–C) groups is 1. The minimum Gasteiger partial charge on any atom is -0.276 e. The summed E-state index contributed by atoms with van der Waals surface area (Å²) in [6.07, 6.45) is 1.85. The Kier molecular flexibility index (Phi) is 4.45. The smallest absolute Gasteiger partial charge is 0.0735 e. The van der Waals surface area contributed by atoms with Gasteiger partial charge in [0.2, 0.25) is 0 Å². The Labute approximate surface area is 67.6 Å². The normalized spacial score (nSPS) is 12.3. The van der Waals surface area contributed by atoms with Crippen molar-refractivity contribution in [3.63, 3.8) is 0 Å². The Morgan fingerprint density at radius 1 is 1.60 bits per heavy atom. The van der Waals surface area contributed by atoms with Crippen molar-refractivity contribution in [1.82, 2.24) is 0 Å². The van der Waals surface area contributed by atoms with Crippen LogP contribution in [0.5, 0.6) is 0 Å². The first-order valence-electron chi connectivity index (χ1n) is 3.41. The van der Waals surface area contributed by atoms with Crippen LogP contribution < -0.4 is 0 Å². The molecule has 0 saturated carbocycles. The van der Waals surface area contributed by atoms with Crippen molar-refractivity contribution < 1.29 is 0 Å². The molecule has 10 heavy (non-hydrogen) atoms. The summed E-state index contributed by atoms with van der Waals surface area (Å²) < 4.78 is 0. The minimum atomic E-state index is -0.0951. The van der Waals surface area contributed by atoms with E-state index in [0.717, 1.165) is 5.75 Å². The molecule has 1 nitrogen and oxygen atoms in total. The Morgan fingerprint density at radius 2 is 2.20 bits per heavy atom. The van der Waals surface area contributed by atoms with Crippen LogP contribution in [-0.2, 0) is 0 Å². The van der Waals surface area contributed by atoms with Gasteiger partial charge in [0, 0.05) is 0 Å². The first-order valence-corrected chi connectivity index (χ1v) is 4.46. The lowest BCUT2D eigenvalue weighted by atomic mass is 10.1. The zero-order valence-corrected chi connectivity index (χ0v) is 7.74. The highest BCUT2D eigenvalue weighted by Crippen LogP contribution is 2.09. The summed E-state index contributed by atoms with van der Waals surface area (Å²) >= 11 is 1.71. The molecule has 2 heteroatoms. The third-order valence-corrected chi connectivity index (χ3v) is 1.71. The van der Waals surface area contributed by atoms with Crippen LogP contribution in [0.2, 0.25) is 0 Å². The van der Waals surface area contributed by atoms with E-state index in [4.69, 9.17) is 0 Å². The largest absolute Gasteiger partial charge is 0.276 e. The van der Waals surface area contributed by atoms with Crippen LogP contribution >= 0.6 is 11.8 Å². The fraction of sp³-hybridized carbons (Fsp3) is 0.625. The monoisotopic (exact) mass is 157 g/mol. The number of rotatable bonds is 4. The summed E-state index contributed by atoms with van der Waals surface area (Å²) in [7, 11) is 0. The molecule has 0 spiro atoms. The van der Waals surface area contributed by atoms with Gasteiger partial charge in [-0.3, -0.25) is 4.99 Å². The van der Waals surface area contributed by atoms with Gasteiger partial charge in [0.05, 0.1) is 11.1 Å². The summed E-state index contributed by atoms with van der Waals surface area (Å²) in [6.45, 7) is 9.87. The van der Waals surface area contributed by atoms with Crippen LogP contribution in [0.15, 0.2) is 17.6 Å². The maximum atomic E-state index is 4.28. The molecule has 0 N–H and O–H groups in total. The molecule has 0 heterocycles. The molecule has 0 amide bonds. The van der Waals surface area contributed by atoms with Crippen LogP contribution in [0.3, 0.4) is 0 Å². The summed E-state index contributed by atoms with van der Waals surface area (Å²) in [6, 6.07) is 0. The van der Waals surface area contributed by atoms with Crippen LogP contribution in [0.1, 0.15) is 20.8 Å². The summed E-state index contributed by atoms with van der Waals surface area (Å²) in [5.74, 6) is 1.08. The highest BCUT2D eigenvalue weighted by molar-refractivity contribution is 8.12. The Morgan fingerprint density at radius 3 is 2.60 bits per heavy atom. The minimum absolute atomic E-state index is 0.0951. The van der Waals surface area contributed by atoms with E-state index in [2.05, 4.69) is 18.5 Å². The lowest BCUT2D eigenvalue weighted by Gasteiger charge is -2.11. The Bertz CT molecular complexity index is 127. The maximum Gasteiger partial charge on any atom is 0.0735 e. The van der Waals surface area contributed by atoms with Gasteiger partial charge >= 0.3 is 0 Å². The van der Waals surface area contributed by atoms with Crippen molar-refractivity contribution in [3.8, 4) is 0 Å². The van der Waals surface area contributed by atoms with Crippen molar-refractivity contribution in [2.75, 3.05) is 5.75 Å². The molecular weight excluding hydrogens is 142 g/mol. The Balaban J connectivity index is 3.74.